The zero-order chi connectivity index (χ0) is 12.8. The van der Waals surface area contributed by atoms with Crippen LogP contribution in [-0.4, -0.2) is 17.8 Å². The maximum Gasteiger partial charge on any atom is 0.252 e. The van der Waals surface area contributed by atoms with Crippen LogP contribution in [0, 0.1) is 15.3 Å². The van der Waals surface area contributed by atoms with E-state index in [-0.39, 0.29) is 11.7 Å². The number of halogens is 3. The summed E-state index contributed by atoms with van der Waals surface area (Å²) in [5.74, 6) is -0.0362. The van der Waals surface area contributed by atoms with Crippen molar-refractivity contribution in [2.75, 3.05) is 11.9 Å². The highest BCUT2D eigenvalue weighted by Crippen LogP contribution is 2.14. The number of benzene rings is 1. The second-order valence-electron chi connectivity index (χ2n) is 3.92. The summed E-state index contributed by atoms with van der Waals surface area (Å²) in [5, 5.41) is 3.79. The molecule has 0 saturated carbocycles. The molecule has 2 nitrogen and oxygen atoms in total. The first-order valence-electron chi connectivity index (χ1n) is 5.33. The predicted molar refractivity (Wildman–Crippen MR) is 79.0 cm³/mol. The highest BCUT2D eigenvalue weighted by molar-refractivity contribution is 14.1. The summed E-state index contributed by atoms with van der Waals surface area (Å²) in [6.07, 6.45) is 1.01. The molecular formula is C12H14BrFINO. The van der Waals surface area contributed by atoms with Gasteiger partial charge in [0, 0.05) is 15.4 Å². The first-order chi connectivity index (χ1) is 8.04. The van der Waals surface area contributed by atoms with Gasteiger partial charge >= 0.3 is 0 Å². The highest BCUT2D eigenvalue weighted by atomic mass is 127. The largest absolute Gasteiger partial charge is 0.352 e. The van der Waals surface area contributed by atoms with Crippen LogP contribution in [0.15, 0.2) is 18.2 Å². The van der Waals surface area contributed by atoms with Gasteiger partial charge in [0.2, 0.25) is 0 Å². The zero-order valence-electron chi connectivity index (χ0n) is 9.47. The molecule has 1 atom stereocenters. The fourth-order valence-corrected chi connectivity index (χ4v) is 2.83. The lowest BCUT2D eigenvalue weighted by atomic mass is 10.1. The molecule has 0 heterocycles. The van der Waals surface area contributed by atoms with Gasteiger partial charge in [-0.05, 0) is 53.1 Å². The van der Waals surface area contributed by atoms with Crippen LogP contribution in [0.25, 0.3) is 0 Å². The average molecular weight is 414 g/mol. The molecule has 0 aliphatic heterocycles. The van der Waals surface area contributed by atoms with Crippen molar-refractivity contribution >= 4 is 44.4 Å². The fourth-order valence-electron chi connectivity index (χ4n) is 1.32. The van der Waals surface area contributed by atoms with E-state index < -0.39 is 0 Å². The molecule has 1 amide bonds. The van der Waals surface area contributed by atoms with Gasteiger partial charge < -0.3 is 5.32 Å². The van der Waals surface area contributed by atoms with Gasteiger partial charge in [0.15, 0.2) is 0 Å². The first kappa shape index (κ1) is 14.9. The van der Waals surface area contributed by atoms with Crippen LogP contribution in [0.2, 0.25) is 0 Å². The summed E-state index contributed by atoms with van der Waals surface area (Å²) in [5.41, 5.74) is 0.526. The minimum absolute atomic E-state index is 0.143. The lowest BCUT2D eigenvalue weighted by Gasteiger charge is -2.11. The molecular weight excluding hydrogens is 400 g/mol. The number of carbonyl (C=O) groups excluding carboxylic acids is 1. The van der Waals surface area contributed by atoms with Crippen LogP contribution in [0.5, 0.6) is 0 Å². The first-order valence-corrected chi connectivity index (χ1v) is 7.54. The zero-order valence-corrected chi connectivity index (χ0v) is 13.2. The summed E-state index contributed by atoms with van der Waals surface area (Å²) in [6, 6.07) is 4.18. The Morgan fingerprint density at radius 1 is 1.59 bits per heavy atom. The predicted octanol–water partition coefficient (Wildman–Crippen LogP) is 3.58. The van der Waals surface area contributed by atoms with Crippen molar-refractivity contribution in [3.8, 4) is 0 Å². The van der Waals surface area contributed by atoms with Gasteiger partial charge in [-0.1, -0.05) is 22.9 Å². The number of alkyl halides is 1. The molecule has 1 unspecified atom stereocenters. The van der Waals surface area contributed by atoms with Crippen molar-refractivity contribution in [3.05, 3.63) is 33.1 Å². The quantitative estimate of drug-likeness (QED) is 0.580. The second kappa shape index (κ2) is 7.31. The molecule has 0 spiro atoms. The standard InChI is InChI=1S/C12H14BrFINO/c1-8(4-5-13)7-16-12(17)10-3-2-9(14)6-11(10)15/h2-3,6,8H,4-5,7H2,1H3,(H,16,17). The van der Waals surface area contributed by atoms with E-state index in [0.29, 0.717) is 21.6 Å². The summed E-state index contributed by atoms with van der Waals surface area (Å²) >= 11 is 5.33. The van der Waals surface area contributed by atoms with E-state index in [1.165, 1.54) is 18.2 Å². The molecule has 1 aromatic carbocycles. The maximum atomic E-state index is 12.9. The fraction of sp³-hybridized carbons (Fsp3) is 0.417. The van der Waals surface area contributed by atoms with Gasteiger partial charge in [0.05, 0.1) is 5.56 Å². The van der Waals surface area contributed by atoms with Gasteiger partial charge in [0.25, 0.3) is 5.91 Å². The molecule has 0 saturated heterocycles. The van der Waals surface area contributed by atoms with Crippen LogP contribution < -0.4 is 5.32 Å². The molecule has 0 aromatic heterocycles. The molecule has 0 radical (unpaired) electrons. The van der Waals surface area contributed by atoms with Gasteiger partial charge in [-0.3, -0.25) is 4.79 Å². The maximum absolute atomic E-state index is 12.9. The van der Waals surface area contributed by atoms with E-state index in [9.17, 15) is 9.18 Å². The Morgan fingerprint density at radius 2 is 2.29 bits per heavy atom. The molecule has 0 fully saturated rings. The van der Waals surface area contributed by atoms with Crippen molar-refractivity contribution in [1.29, 1.82) is 0 Å². The third kappa shape index (κ3) is 4.91. The summed E-state index contributed by atoms with van der Waals surface area (Å²) in [4.78, 5) is 11.8. The van der Waals surface area contributed by atoms with Crippen LogP contribution >= 0.6 is 38.5 Å². The lowest BCUT2D eigenvalue weighted by Crippen LogP contribution is -2.29. The van der Waals surface area contributed by atoms with E-state index in [2.05, 4.69) is 28.2 Å². The Morgan fingerprint density at radius 3 is 2.88 bits per heavy atom. The van der Waals surface area contributed by atoms with Crippen molar-refractivity contribution in [2.45, 2.75) is 13.3 Å². The third-order valence-electron chi connectivity index (χ3n) is 2.39. The molecule has 1 aromatic rings. The van der Waals surface area contributed by atoms with Crippen molar-refractivity contribution in [2.24, 2.45) is 5.92 Å². The van der Waals surface area contributed by atoms with Crippen molar-refractivity contribution < 1.29 is 9.18 Å². The van der Waals surface area contributed by atoms with E-state index in [4.69, 9.17) is 0 Å². The molecule has 1 rings (SSSR count). The van der Waals surface area contributed by atoms with Crippen molar-refractivity contribution in [3.63, 3.8) is 0 Å². The minimum atomic E-state index is -0.321. The highest BCUT2D eigenvalue weighted by Gasteiger charge is 2.11. The molecule has 1 N–H and O–H groups in total. The third-order valence-corrected chi connectivity index (χ3v) is 3.74. The Bertz CT molecular complexity index is 400. The van der Waals surface area contributed by atoms with E-state index in [0.717, 1.165) is 11.8 Å². The number of rotatable bonds is 5. The molecule has 94 valence electrons. The molecule has 0 bridgehead atoms. The Kier molecular flexibility index (Phi) is 6.40. The summed E-state index contributed by atoms with van der Waals surface area (Å²) in [6.45, 7) is 2.72. The smallest absolute Gasteiger partial charge is 0.252 e. The summed E-state index contributed by atoms with van der Waals surface area (Å²) < 4.78 is 13.5. The monoisotopic (exact) mass is 413 g/mol. The summed E-state index contributed by atoms with van der Waals surface area (Å²) in [7, 11) is 0. The Hall–Kier alpha value is -0.170. The second-order valence-corrected chi connectivity index (χ2v) is 5.87. The number of hydrogen-bond donors (Lipinski definition) is 1. The van der Waals surface area contributed by atoms with Gasteiger partial charge in [0.1, 0.15) is 5.82 Å². The topological polar surface area (TPSA) is 29.1 Å². The van der Waals surface area contributed by atoms with Crippen LogP contribution in [0.4, 0.5) is 4.39 Å². The Balaban J connectivity index is 2.58. The SMILES string of the molecule is CC(CCBr)CNC(=O)c1ccc(F)cc1I. The molecule has 0 aliphatic rings. The van der Waals surface area contributed by atoms with E-state index in [1.807, 2.05) is 22.6 Å². The minimum Gasteiger partial charge on any atom is -0.352 e. The lowest BCUT2D eigenvalue weighted by molar-refractivity contribution is 0.0947. The number of hydrogen-bond acceptors (Lipinski definition) is 1. The normalized spacial score (nSPS) is 12.2. The van der Waals surface area contributed by atoms with Crippen molar-refractivity contribution in [1.82, 2.24) is 5.32 Å². The van der Waals surface area contributed by atoms with Gasteiger partial charge in [-0.2, -0.15) is 0 Å². The number of nitrogens with one attached hydrogen (secondary N) is 1. The van der Waals surface area contributed by atoms with E-state index in [1.54, 1.807) is 0 Å². The van der Waals surface area contributed by atoms with Crippen LogP contribution in [0.3, 0.4) is 0 Å². The van der Waals surface area contributed by atoms with Crippen LogP contribution in [-0.2, 0) is 0 Å². The molecule has 5 heteroatoms. The number of amides is 1. The average Bonchev–Trinajstić information content (AvgIpc) is 2.26. The van der Waals surface area contributed by atoms with Gasteiger partial charge in [-0.15, -0.1) is 0 Å². The van der Waals surface area contributed by atoms with Crippen LogP contribution in [0.1, 0.15) is 23.7 Å². The Labute approximate surface area is 123 Å². The molecule has 0 aliphatic carbocycles. The van der Waals surface area contributed by atoms with Gasteiger partial charge in [-0.25, -0.2) is 4.39 Å². The number of carbonyl (C=O) groups is 1. The molecule has 17 heavy (non-hydrogen) atoms. The van der Waals surface area contributed by atoms with E-state index >= 15 is 0 Å².